The number of ether oxygens (including phenoxy) is 1. The van der Waals surface area contributed by atoms with Crippen LogP contribution in [0.1, 0.15) is 40.5 Å². The Labute approximate surface area is 161 Å². The van der Waals surface area contributed by atoms with Crippen molar-refractivity contribution in [1.29, 1.82) is 0 Å². The van der Waals surface area contributed by atoms with E-state index in [1.807, 2.05) is 44.2 Å². The molecule has 0 radical (unpaired) electrons. The van der Waals surface area contributed by atoms with Gasteiger partial charge in [0.1, 0.15) is 0 Å². The number of hydrogen-bond donors (Lipinski definition) is 1. The molecular formula is C18H30N3O3PS. The molecule has 0 spiro atoms. The van der Waals surface area contributed by atoms with Gasteiger partial charge in [0.15, 0.2) is 0 Å². The van der Waals surface area contributed by atoms with Crippen molar-refractivity contribution >= 4 is 36.0 Å². The largest absolute Gasteiger partial charge is 0.466 e. The first-order chi connectivity index (χ1) is 12.4. The highest BCUT2D eigenvalue weighted by Crippen LogP contribution is 2.59. The summed E-state index contributed by atoms with van der Waals surface area (Å²) in [5.74, 6) is -0.291. The molecular weight excluding hydrogens is 369 g/mol. The number of nitrogens with one attached hydrogen (secondary N) is 1. The Morgan fingerprint density at radius 3 is 2.62 bits per heavy atom. The normalized spacial score (nSPS) is 14.8. The Balaban J connectivity index is 2.87. The molecule has 1 N–H and O–H groups in total. The van der Waals surface area contributed by atoms with E-state index >= 15 is 0 Å². The van der Waals surface area contributed by atoms with Crippen LogP contribution in [0.25, 0.3) is 0 Å². The molecule has 0 aliphatic rings. The number of rotatable bonds is 12. The Kier molecular flexibility index (Phi) is 10.6. The minimum Gasteiger partial charge on any atom is -0.466 e. The van der Waals surface area contributed by atoms with Crippen LogP contribution >= 0.6 is 18.0 Å². The molecule has 0 aliphatic heterocycles. The molecule has 146 valence electrons. The molecule has 0 saturated heterocycles. The van der Waals surface area contributed by atoms with Crippen LogP contribution in [0.2, 0.25) is 0 Å². The van der Waals surface area contributed by atoms with Gasteiger partial charge < -0.3 is 4.74 Å². The average molecular weight is 399 g/mol. The molecule has 0 aliphatic carbocycles. The minimum absolute atomic E-state index is 0.187. The van der Waals surface area contributed by atoms with Gasteiger partial charge in [-0.3, -0.25) is 14.0 Å². The first kappa shape index (κ1) is 22.7. The minimum atomic E-state index is -2.97. The van der Waals surface area contributed by atoms with Crippen LogP contribution in [0.5, 0.6) is 0 Å². The number of nitrogens with zero attached hydrogens (tertiary/aromatic N) is 2. The maximum absolute atomic E-state index is 13.6. The van der Waals surface area contributed by atoms with Gasteiger partial charge in [-0.2, -0.15) is 0 Å². The lowest BCUT2D eigenvalue weighted by Crippen LogP contribution is -2.28. The number of esters is 1. The zero-order valence-corrected chi connectivity index (χ0v) is 17.8. The molecule has 0 aromatic heterocycles. The van der Waals surface area contributed by atoms with E-state index in [2.05, 4.69) is 17.0 Å². The van der Waals surface area contributed by atoms with Crippen molar-refractivity contribution in [3.8, 4) is 0 Å². The fourth-order valence-electron chi connectivity index (χ4n) is 2.02. The molecule has 1 aromatic rings. The molecule has 2 unspecified atom stereocenters. The van der Waals surface area contributed by atoms with Gasteiger partial charge in [-0.05, 0) is 32.4 Å². The van der Waals surface area contributed by atoms with Gasteiger partial charge in [0.2, 0.25) is 0 Å². The zero-order chi connectivity index (χ0) is 19.4. The van der Waals surface area contributed by atoms with E-state index < -0.39 is 6.65 Å². The number of carbonyl (C=O) groups excluding carboxylic acids is 1. The van der Waals surface area contributed by atoms with Gasteiger partial charge in [-0.25, -0.2) is 10.1 Å². The lowest BCUT2D eigenvalue weighted by Gasteiger charge is -2.30. The summed E-state index contributed by atoms with van der Waals surface area (Å²) >= 11 is 1.41. The van der Waals surface area contributed by atoms with E-state index in [9.17, 15) is 9.36 Å². The molecule has 1 rings (SSSR count). The summed E-state index contributed by atoms with van der Waals surface area (Å²) in [6, 6.07) is 9.54. The van der Waals surface area contributed by atoms with Crippen molar-refractivity contribution in [3.05, 3.63) is 30.3 Å². The first-order valence-electron chi connectivity index (χ1n) is 9.00. The van der Waals surface area contributed by atoms with Crippen molar-refractivity contribution in [1.82, 2.24) is 9.76 Å². The third-order valence-corrected chi connectivity index (χ3v) is 9.22. The highest BCUT2D eigenvalue weighted by atomic mass is 32.7. The smallest absolute Gasteiger partial charge is 0.307 e. The van der Waals surface area contributed by atoms with Crippen LogP contribution < -0.4 is 5.09 Å². The maximum atomic E-state index is 13.6. The van der Waals surface area contributed by atoms with Gasteiger partial charge in [0.25, 0.3) is 6.65 Å². The number of para-hydroxylation sites is 1. The van der Waals surface area contributed by atoms with Crippen LogP contribution in [0.3, 0.4) is 0 Å². The Bertz CT molecular complexity index is 613. The van der Waals surface area contributed by atoms with Crippen LogP contribution in [-0.2, 0) is 14.1 Å². The number of carbonyl (C=O) groups is 1. The third-order valence-electron chi connectivity index (χ3n) is 3.60. The Morgan fingerprint density at radius 2 is 2.04 bits per heavy atom. The van der Waals surface area contributed by atoms with E-state index in [0.717, 1.165) is 12.1 Å². The lowest BCUT2D eigenvalue weighted by molar-refractivity contribution is -0.142. The van der Waals surface area contributed by atoms with Gasteiger partial charge in [0.05, 0.1) is 25.1 Å². The number of benzene rings is 1. The zero-order valence-electron chi connectivity index (χ0n) is 16.1. The summed E-state index contributed by atoms with van der Waals surface area (Å²) in [5, 5.41) is 3.31. The summed E-state index contributed by atoms with van der Waals surface area (Å²) in [6.07, 6.45) is 2.72. The molecule has 8 heteroatoms. The molecule has 1 aromatic carbocycles. The first-order valence-corrected chi connectivity index (χ1v) is 12.1. The van der Waals surface area contributed by atoms with Crippen LogP contribution in [0.15, 0.2) is 35.3 Å². The number of aliphatic imine (C=N–C) groups is 1. The van der Waals surface area contributed by atoms with Crippen LogP contribution in [0.4, 0.5) is 5.69 Å². The molecule has 26 heavy (non-hydrogen) atoms. The summed E-state index contributed by atoms with van der Waals surface area (Å²) in [5.41, 5.74) is 0.803. The predicted octanol–water partition coefficient (Wildman–Crippen LogP) is 4.85. The SMILES string of the molecule is CCOC(=O)CCNP(=O)(SC(C)CC)N(C=Nc1ccccc1)CC. The van der Waals surface area contributed by atoms with Crippen molar-refractivity contribution in [2.24, 2.45) is 4.99 Å². The fourth-order valence-corrected chi connectivity index (χ4v) is 7.24. The van der Waals surface area contributed by atoms with Crippen molar-refractivity contribution in [2.75, 3.05) is 19.7 Å². The second-order valence-corrected chi connectivity index (χ2v) is 10.6. The molecule has 6 nitrogen and oxygen atoms in total. The summed E-state index contributed by atoms with van der Waals surface area (Å²) in [4.78, 5) is 16.0. The summed E-state index contributed by atoms with van der Waals surface area (Å²) < 4.78 is 20.3. The standard InChI is InChI=1S/C18H30N3O3PS/c1-5-16(4)26-25(23,20-14-13-18(22)24-7-3)21(6-2)15-19-17-11-9-8-10-12-17/h8-12,15-16H,5-7,13-14H2,1-4H3,(H,20,23). The Hall–Kier alpha value is -1.30. The monoisotopic (exact) mass is 399 g/mol. The fraction of sp³-hybridized carbons (Fsp3) is 0.556. The van der Waals surface area contributed by atoms with E-state index in [4.69, 9.17) is 4.74 Å². The van der Waals surface area contributed by atoms with E-state index in [0.29, 0.717) is 19.7 Å². The van der Waals surface area contributed by atoms with Crippen molar-refractivity contribution < 1.29 is 14.1 Å². The topological polar surface area (TPSA) is 71.0 Å². The lowest BCUT2D eigenvalue weighted by atomic mass is 10.3. The molecule has 0 amide bonds. The van der Waals surface area contributed by atoms with Gasteiger partial charge >= 0.3 is 5.97 Å². The van der Waals surface area contributed by atoms with Crippen LogP contribution in [-0.4, -0.2) is 41.9 Å². The van der Waals surface area contributed by atoms with E-state index in [-0.39, 0.29) is 17.6 Å². The quantitative estimate of drug-likeness (QED) is 0.234. The second-order valence-electron chi connectivity index (χ2n) is 5.64. The van der Waals surface area contributed by atoms with Gasteiger partial charge in [-0.15, -0.1) is 0 Å². The van der Waals surface area contributed by atoms with Crippen molar-refractivity contribution in [3.63, 3.8) is 0 Å². The molecule has 0 fully saturated rings. The van der Waals surface area contributed by atoms with Gasteiger partial charge in [-0.1, -0.05) is 43.4 Å². The molecule has 0 bridgehead atoms. The highest BCUT2D eigenvalue weighted by molar-refractivity contribution is 8.57. The molecule has 0 heterocycles. The maximum Gasteiger partial charge on any atom is 0.307 e. The van der Waals surface area contributed by atoms with Crippen molar-refractivity contribution in [2.45, 2.75) is 45.8 Å². The predicted molar refractivity (Wildman–Crippen MR) is 111 cm³/mol. The second kappa shape index (κ2) is 12.2. The summed E-state index contributed by atoms with van der Waals surface area (Å²) in [7, 11) is 0. The Morgan fingerprint density at radius 1 is 1.35 bits per heavy atom. The average Bonchev–Trinajstić information content (AvgIpc) is 2.63. The van der Waals surface area contributed by atoms with E-state index in [1.165, 1.54) is 11.4 Å². The van der Waals surface area contributed by atoms with Crippen LogP contribution in [0, 0.1) is 0 Å². The highest BCUT2D eigenvalue weighted by Gasteiger charge is 2.30. The number of hydrogen-bond acceptors (Lipinski definition) is 5. The molecule has 2 atom stereocenters. The van der Waals surface area contributed by atoms with Gasteiger partial charge in [0, 0.05) is 18.3 Å². The van der Waals surface area contributed by atoms with E-state index in [1.54, 1.807) is 17.9 Å². The third kappa shape index (κ3) is 7.94. The summed E-state index contributed by atoms with van der Waals surface area (Å²) in [6.45, 7) is 6.05. The molecule has 0 saturated carbocycles.